The minimum atomic E-state index is 0.420. The number of hydrogen-bond donors (Lipinski definition) is 0. The monoisotopic (exact) mass is 111 g/mol. The minimum absolute atomic E-state index is 0.420. The smallest absolute Gasteiger partial charge is 0.0473 e. The Hall–Kier alpha value is 0.680. The van der Waals surface area contributed by atoms with Crippen molar-refractivity contribution in [2.75, 3.05) is 14.1 Å². The van der Waals surface area contributed by atoms with Gasteiger partial charge in [-0.15, -0.1) is 0 Å². The third-order valence-corrected chi connectivity index (χ3v) is 1.52. The zero-order chi connectivity index (χ0) is 4.28. The summed E-state index contributed by atoms with van der Waals surface area (Å²) in [6.45, 7) is 0. The molecule has 0 N–H and O–H groups in total. The Labute approximate surface area is 38.9 Å². The molecule has 5 heavy (non-hydrogen) atoms. The molecule has 0 aromatic rings. The summed E-state index contributed by atoms with van der Waals surface area (Å²) in [6, 6.07) is 0. The Morgan fingerprint density at radius 2 is 1.80 bits per heavy atom. The van der Waals surface area contributed by atoms with Crippen LogP contribution >= 0.6 is 19.3 Å². The highest BCUT2D eigenvalue weighted by Crippen LogP contribution is 2.16. The first-order valence-corrected chi connectivity index (χ1v) is 3.27. The summed E-state index contributed by atoms with van der Waals surface area (Å²) in [5.41, 5.74) is 0. The lowest BCUT2D eigenvalue weighted by atomic mass is 11.3. The van der Waals surface area contributed by atoms with Crippen molar-refractivity contribution in [2.24, 2.45) is 0 Å². The molecule has 0 saturated carbocycles. The first-order chi connectivity index (χ1) is 2.27. The molecule has 0 fully saturated rings. The molecule has 0 radical (unpaired) electrons. The lowest BCUT2D eigenvalue weighted by molar-refractivity contribution is 0.700. The second-order valence-corrected chi connectivity index (χ2v) is 2.55. The third kappa shape index (κ3) is 4.68. The van der Waals surface area contributed by atoms with Crippen molar-refractivity contribution in [3.8, 4) is 0 Å². The predicted molar refractivity (Wildman–Crippen MR) is 27.9 cm³/mol. The van der Waals surface area contributed by atoms with Crippen LogP contribution in [0.5, 0.6) is 0 Å². The summed E-state index contributed by atoms with van der Waals surface area (Å²) in [7, 11) is 4.29. The fourth-order valence-electron chi connectivity index (χ4n) is 0. The molecule has 1 unspecified atom stereocenters. The van der Waals surface area contributed by atoms with Crippen LogP contribution in [0.15, 0.2) is 0 Å². The molecular formula is C2H7ClNP. The van der Waals surface area contributed by atoms with Crippen molar-refractivity contribution in [1.29, 1.82) is 0 Å². The van der Waals surface area contributed by atoms with Crippen LogP contribution in [0.3, 0.4) is 0 Å². The van der Waals surface area contributed by atoms with Gasteiger partial charge in [-0.25, -0.2) is 0 Å². The normalized spacial score (nSPS) is 12.0. The van der Waals surface area contributed by atoms with Crippen molar-refractivity contribution in [3.05, 3.63) is 0 Å². The van der Waals surface area contributed by atoms with E-state index in [2.05, 4.69) is 0 Å². The van der Waals surface area contributed by atoms with Gasteiger partial charge in [0.1, 0.15) is 0 Å². The Bertz CT molecular complexity index is 23.6. The van der Waals surface area contributed by atoms with Gasteiger partial charge in [-0.3, -0.25) is 4.67 Å². The van der Waals surface area contributed by atoms with E-state index in [-0.39, 0.29) is 0 Å². The molecule has 1 nitrogen and oxygen atoms in total. The first kappa shape index (κ1) is 5.68. The van der Waals surface area contributed by atoms with Gasteiger partial charge in [0, 0.05) is 8.08 Å². The summed E-state index contributed by atoms with van der Waals surface area (Å²) in [6.07, 6.45) is 0. The third-order valence-electron chi connectivity index (χ3n) is 0.169. The topological polar surface area (TPSA) is 3.24 Å². The summed E-state index contributed by atoms with van der Waals surface area (Å²) < 4.78 is 1.92. The molecular weight excluding hydrogens is 104 g/mol. The average Bonchev–Trinajstić information content (AvgIpc) is 1.38. The highest BCUT2D eigenvalue weighted by molar-refractivity contribution is 7.66. The van der Waals surface area contributed by atoms with Crippen LogP contribution in [-0.2, 0) is 0 Å². The van der Waals surface area contributed by atoms with Gasteiger partial charge in [0.15, 0.2) is 0 Å². The average molecular weight is 112 g/mol. The van der Waals surface area contributed by atoms with Crippen LogP contribution < -0.4 is 0 Å². The van der Waals surface area contributed by atoms with Crippen LogP contribution in [-0.4, -0.2) is 18.8 Å². The number of rotatable bonds is 1. The maximum atomic E-state index is 5.29. The molecule has 0 aromatic heterocycles. The summed E-state index contributed by atoms with van der Waals surface area (Å²) in [5, 5.41) is 0. The lowest BCUT2D eigenvalue weighted by Crippen LogP contribution is -1.91. The van der Waals surface area contributed by atoms with Crippen LogP contribution in [0.4, 0.5) is 0 Å². The van der Waals surface area contributed by atoms with Crippen LogP contribution in [0.1, 0.15) is 0 Å². The summed E-state index contributed by atoms with van der Waals surface area (Å²) >= 11 is 5.29. The number of halogens is 1. The largest absolute Gasteiger partial charge is 0.278 e. The molecule has 0 aromatic carbocycles. The molecule has 0 aliphatic carbocycles. The van der Waals surface area contributed by atoms with Gasteiger partial charge < -0.3 is 0 Å². The second-order valence-electron chi connectivity index (χ2n) is 0.979. The molecule has 0 aliphatic heterocycles. The van der Waals surface area contributed by atoms with E-state index in [1.165, 1.54) is 0 Å². The van der Waals surface area contributed by atoms with E-state index in [4.69, 9.17) is 11.2 Å². The van der Waals surface area contributed by atoms with Gasteiger partial charge in [-0.05, 0) is 14.1 Å². The fraction of sp³-hybridized carbons (Fsp3) is 1.00. The fourth-order valence-corrected chi connectivity index (χ4v) is 0. The summed E-state index contributed by atoms with van der Waals surface area (Å²) in [5.74, 6) is 0. The van der Waals surface area contributed by atoms with Crippen molar-refractivity contribution < 1.29 is 0 Å². The SMILES string of the molecule is CN(C)PCl. The van der Waals surface area contributed by atoms with E-state index in [0.29, 0.717) is 8.08 Å². The second kappa shape index (κ2) is 2.89. The predicted octanol–water partition coefficient (Wildman–Crippen LogP) is 1.30. The molecule has 0 amide bonds. The highest BCUT2D eigenvalue weighted by Gasteiger charge is 1.74. The van der Waals surface area contributed by atoms with Crippen molar-refractivity contribution in [3.63, 3.8) is 0 Å². The number of nitrogens with zero attached hydrogens (tertiary/aromatic N) is 1. The van der Waals surface area contributed by atoms with Gasteiger partial charge in [0.05, 0.1) is 0 Å². The van der Waals surface area contributed by atoms with E-state index in [9.17, 15) is 0 Å². The molecule has 0 heterocycles. The van der Waals surface area contributed by atoms with Gasteiger partial charge >= 0.3 is 0 Å². The quantitative estimate of drug-likeness (QED) is 0.461. The molecule has 32 valence electrons. The Balaban J connectivity index is 2.54. The van der Waals surface area contributed by atoms with Gasteiger partial charge in [-0.2, -0.15) is 0 Å². The molecule has 0 rings (SSSR count). The van der Waals surface area contributed by atoms with E-state index in [0.717, 1.165) is 0 Å². The standard InChI is InChI=1S/C2H7ClNP/c1-4(2)5-3/h5H,1-2H3. The van der Waals surface area contributed by atoms with Gasteiger partial charge in [0.25, 0.3) is 0 Å². The number of hydrogen-bond acceptors (Lipinski definition) is 1. The maximum absolute atomic E-state index is 5.29. The highest BCUT2D eigenvalue weighted by atomic mass is 35.7. The molecule has 0 saturated heterocycles. The van der Waals surface area contributed by atoms with Crippen molar-refractivity contribution in [2.45, 2.75) is 0 Å². The Morgan fingerprint density at radius 3 is 1.80 bits per heavy atom. The van der Waals surface area contributed by atoms with Crippen molar-refractivity contribution >= 4 is 19.3 Å². The lowest BCUT2D eigenvalue weighted by Gasteiger charge is -1.97. The Morgan fingerprint density at radius 1 is 1.60 bits per heavy atom. The van der Waals surface area contributed by atoms with Crippen molar-refractivity contribution in [1.82, 2.24) is 4.67 Å². The zero-order valence-corrected chi connectivity index (χ0v) is 5.08. The minimum Gasteiger partial charge on any atom is -0.278 e. The molecule has 0 bridgehead atoms. The van der Waals surface area contributed by atoms with Crippen LogP contribution in [0.25, 0.3) is 0 Å². The Kier molecular flexibility index (Phi) is 3.29. The molecule has 0 aliphatic rings. The van der Waals surface area contributed by atoms with E-state index in [1.54, 1.807) is 0 Å². The van der Waals surface area contributed by atoms with Crippen LogP contribution in [0.2, 0.25) is 0 Å². The molecule has 1 atom stereocenters. The van der Waals surface area contributed by atoms with E-state index < -0.39 is 0 Å². The van der Waals surface area contributed by atoms with E-state index in [1.807, 2.05) is 18.8 Å². The molecule has 3 heteroatoms. The van der Waals surface area contributed by atoms with Crippen LogP contribution in [0, 0.1) is 0 Å². The van der Waals surface area contributed by atoms with E-state index >= 15 is 0 Å². The first-order valence-electron chi connectivity index (χ1n) is 1.31. The van der Waals surface area contributed by atoms with Gasteiger partial charge in [-0.1, -0.05) is 11.2 Å². The summed E-state index contributed by atoms with van der Waals surface area (Å²) in [4.78, 5) is 0. The zero-order valence-electron chi connectivity index (χ0n) is 3.33. The maximum Gasteiger partial charge on any atom is 0.0473 e. The van der Waals surface area contributed by atoms with Gasteiger partial charge in [0.2, 0.25) is 0 Å². The molecule has 0 spiro atoms.